The second kappa shape index (κ2) is 6.48. The summed E-state index contributed by atoms with van der Waals surface area (Å²) in [5.74, 6) is 1.01. The number of fused-ring (bicyclic) bond motifs is 1. The van der Waals surface area contributed by atoms with Crippen LogP contribution in [0.4, 0.5) is 0 Å². The van der Waals surface area contributed by atoms with E-state index in [1.54, 1.807) is 0 Å². The van der Waals surface area contributed by atoms with Crippen LogP contribution in [-0.4, -0.2) is 6.10 Å². The predicted molar refractivity (Wildman–Crippen MR) is 88.7 cm³/mol. The summed E-state index contributed by atoms with van der Waals surface area (Å²) >= 11 is 0. The molecule has 0 unspecified atom stereocenters. The van der Waals surface area contributed by atoms with Gasteiger partial charge < -0.3 is 10.5 Å². The maximum Gasteiger partial charge on any atom is 0.132 e. The first kappa shape index (κ1) is 14.4. The average molecular weight is 283 g/mol. The van der Waals surface area contributed by atoms with E-state index < -0.39 is 0 Å². The van der Waals surface area contributed by atoms with Crippen molar-refractivity contribution >= 4 is 10.8 Å². The number of hydrogen-bond donors (Lipinski definition) is 1. The van der Waals surface area contributed by atoms with Crippen molar-refractivity contribution in [1.29, 1.82) is 0 Å². The Bertz CT molecular complexity index is 598. The lowest BCUT2D eigenvalue weighted by molar-refractivity contribution is 0.184. The van der Waals surface area contributed by atoms with Crippen LogP contribution in [0.5, 0.6) is 5.75 Å². The summed E-state index contributed by atoms with van der Waals surface area (Å²) in [4.78, 5) is 0. The Hall–Kier alpha value is -1.54. The van der Waals surface area contributed by atoms with Gasteiger partial charge in [-0.15, -0.1) is 0 Å². The fraction of sp³-hybridized carbons (Fsp3) is 0.474. The monoisotopic (exact) mass is 283 g/mol. The third-order valence-corrected chi connectivity index (χ3v) is 4.49. The van der Waals surface area contributed by atoms with Gasteiger partial charge in [-0.3, -0.25) is 0 Å². The topological polar surface area (TPSA) is 35.2 Å². The van der Waals surface area contributed by atoms with Gasteiger partial charge in [0.15, 0.2) is 0 Å². The van der Waals surface area contributed by atoms with Gasteiger partial charge in [-0.05, 0) is 38.0 Å². The number of ether oxygens (including phenoxy) is 1. The second-order valence-corrected chi connectivity index (χ2v) is 6.23. The van der Waals surface area contributed by atoms with Gasteiger partial charge >= 0.3 is 0 Å². The summed E-state index contributed by atoms with van der Waals surface area (Å²) in [6.07, 6.45) is 7.93. The van der Waals surface area contributed by atoms with Gasteiger partial charge in [0.1, 0.15) is 5.75 Å². The van der Waals surface area contributed by atoms with Gasteiger partial charge in [-0.1, -0.05) is 49.2 Å². The Morgan fingerprint density at radius 1 is 1.00 bits per heavy atom. The SMILES string of the molecule is C[C@@H](N)c1ccc2ccccc2c1OC1CCCCCC1. The van der Waals surface area contributed by atoms with Gasteiger partial charge in [-0.2, -0.15) is 0 Å². The van der Waals surface area contributed by atoms with Crippen molar-refractivity contribution in [3.05, 3.63) is 42.0 Å². The third-order valence-electron chi connectivity index (χ3n) is 4.49. The van der Waals surface area contributed by atoms with Crippen LogP contribution in [0.15, 0.2) is 36.4 Å². The van der Waals surface area contributed by atoms with E-state index in [2.05, 4.69) is 36.4 Å². The average Bonchev–Trinajstić information content (AvgIpc) is 2.76. The van der Waals surface area contributed by atoms with Gasteiger partial charge in [-0.25, -0.2) is 0 Å². The van der Waals surface area contributed by atoms with Crippen molar-refractivity contribution in [1.82, 2.24) is 0 Å². The van der Waals surface area contributed by atoms with Crippen molar-refractivity contribution in [3.8, 4) is 5.75 Å². The molecule has 0 aliphatic heterocycles. The van der Waals surface area contributed by atoms with Crippen molar-refractivity contribution in [2.75, 3.05) is 0 Å². The fourth-order valence-electron chi connectivity index (χ4n) is 3.28. The minimum absolute atomic E-state index is 0.00427. The van der Waals surface area contributed by atoms with Crippen LogP contribution in [-0.2, 0) is 0 Å². The normalized spacial score (nSPS) is 18.4. The lowest BCUT2D eigenvalue weighted by Gasteiger charge is -2.22. The van der Waals surface area contributed by atoms with E-state index in [4.69, 9.17) is 10.5 Å². The molecule has 0 spiro atoms. The molecule has 3 rings (SSSR count). The molecule has 1 saturated carbocycles. The third kappa shape index (κ3) is 3.21. The van der Waals surface area contributed by atoms with Crippen molar-refractivity contribution in [2.24, 2.45) is 5.73 Å². The van der Waals surface area contributed by atoms with E-state index in [1.165, 1.54) is 49.3 Å². The molecule has 0 amide bonds. The van der Waals surface area contributed by atoms with Gasteiger partial charge in [0.25, 0.3) is 0 Å². The first-order valence-electron chi connectivity index (χ1n) is 8.19. The highest BCUT2D eigenvalue weighted by molar-refractivity contribution is 5.89. The molecule has 2 N–H and O–H groups in total. The lowest BCUT2D eigenvalue weighted by atomic mass is 10.0. The van der Waals surface area contributed by atoms with Crippen LogP contribution in [0, 0.1) is 0 Å². The zero-order valence-corrected chi connectivity index (χ0v) is 12.8. The van der Waals surface area contributed by atoms with Crippen LogP contribution in [0.25, 0.3) is 10.8 Å². The summed E-state index contributed by atoms with van der Waals surface area (Å²) in [6.45, 7) is 2.03. The van der Waals surface area contributed by atoms with Crippen LogP contribution in [0.3, 0.4) is 0 Å². The van der Waals surface area contributed by atoms with E-state index in [-0.39, 0.29) is 6.04 Å². The Morgan fingerprint density at radius 3 is 2.43 bits per heavy atom. The predicted octanol–water partition coefficient (Wildman–Crippen LogP) is 4.96. The molecule has 2 nitrogen and oxygen atoms in total. The number of benzene rings is 2. The first-order valence-corrected chi connectivity index (χ1v) is 8.19. The van der Waals surface area contributed by atoms with Crippen molar-refractivity contribution in [2.45, 2.75) is 57.6 Å². The highest BCUT2D eigenvalue weighted by Gasteiger charge is 2.18. The highest BCUT2D eigenvalue weighted by Crippen LogP contribution is 2.35. The van der Waals surface area contributed by atoms with E-state index in [0.717, 1.165) is 11.3 Å². The van der Waals surface area contributed by atoms with E-state index in [0.29, 0.717) is 6.10 Å². The van der Waals surface area contributed by atoms with Gasteiger partial charge in [0.05, 0.1) is 6.10 Å². The van der Waals surface area contributed by atoms with Crippen LogP contribution < -0.4 is 10.5 Å². The molecular weight excluding hydrogens is 258 g/mol. The minimum Gasteiger partial charge on any atom is -0.489 e. The number of hydrogen-bond acceptors (Lipinski definition) is 2. The van der Waals surface area contributed by atoms with Gasteiger partial charge in [0, 0.05) is 17.0 Å². The minimum atomic E-state index is -0.00427. The van der Waals surface area contributed by atoms with Crippen LogP contribution in [0.1, 0.15) is 57.1 Å². The molecule has 1 aliphatic carbocycles. The van der Waals surface area contributed by atoms with Crippen molar-refractivity contribution in [3.63, 3.8) is 0 Å². The number of nitrogens with two attached hydrogens (primary N) is 1. The van der Waals surface area contributed by atoms with E-state index >= 15 is 0 Å². The molecule has 21 heavy (non-hydrogen) atoms. The van der Waals surface area contributed by atoms with E-state index in [1.807, 2.05) is 6.92 Å². The molecule has 0 saturated heterocycles. The Labute approximate surface area is 127 Å². The van der Waals surface area contributed by atoms with E-state index in [9.17, 15) is 0 Å². The largest absolute Gasteiger partial charge is 0.489 e. The molecule has 0 aromatic heterocycles. The molecule has 1 atom stereocenters. The summed E-state index contributed by atoms with van der Waals surface area (Å²) < 4.78 is 6.46. The Kier molecular flexibility index (Phi) is 4.45. The van der Waals surface area contributed by atoms with Crippen LogP contribution in [0.2, 0.25) is 0 Å². The Balaban J connectivity index is 1.99. The maximum absolute atomic E-state index is 6.46. The number of rotatable bonds is 3. The zero-order chi connectivity index (χ0) is 14.7. The molecule has 1 fully saturated rings. The standard InChI is InChI=1S/C19H25NO/c1-14(20)17-13-12-15-8-6-7-11-18(15)19(17)21-16-9-4-2-3-5-10-16/h6-8,11-14,16H,2-5,9-10,20H2,1H3/t14-/m1/s1. The molecule has 2 aromatic rings. The lowest BCUT2D eigenvalue weighted by Crippen LogP contribution is -2.18. The molecule has 2 aromatic carbocycles. The molecule has 0 heterocycles. The smallest absolute Gasteiger partial charge is 0.132 e. The molecule has 0 bridgehead atoms. The maximum atomic E-state index is 6.46. The summed E-state index contributed by atoms with van der Waals surface area (Å²) in [7, 11) is 0. The molecule has 1 aliphatic rings. The summed E-state index contributed by atoms with van der Waals surface area (Å²) in [5.41, 5.74) is 7.28. The Morgan fingerprint density at radius 2 is 1.71 bits per heavy atom. The molecule has 2 heteroatoms. The zero-order valence-electron chi connectivity index (χ0n) is 12.8. The quantitative estimate of drug-likeness (QED) is 0.808. The molecule has 112 valence electrons. The fourth-order valence-corrected chi connectivity index (χ4v) is 3.28. The second-order valence-electron chi connectivity index (χ2n) is 6.23. The van der Waals surface area contributed by atoms with Crippen LogP contribution >= 0.6 is 0 Å². The van der Waals surface area contributed by atoms with Gasteiger partial charge in [0.2, 0.25) is 0 Å². The highest BCUT2D eigenvalue weighted by atomic mass is 16.5. The summed E-state index contributed by atoms with van der Waals surface area (Å²) in [6, 6.07) is 12.7. The molecule has 0 radical (unpaired) electrons. The van der Waals surface area contributed by atoms with Crippen molar-refractivity contribution < 1.29 is 4.74 Å². The first-order chi connectivity index (χ1) is 10.3. The molecular formula is C19H25NO. The summed E-state index contributed by atoms with van der Waals surface area (Å²) in [5, 5.41) is 2.42.